The molecule has 2 aromatic heterocycles. The average molecular weight is 257 g/mol. The van der Waals surface area contributed by atoms with Crippen LogP contribution in [-0.4, -0.2) is 19.5 Å². The van der Waals surface area contributed by atoms with E-state index in [1.165, 1.54) is 12.1 Å². The lowest BCUT2D eigenvalue weighted by molar-refractivity contribution is 0.627. The minimum Gasteiger partial charge on any atom is -0.382 e. The zero-order valence-corrected chi connectivity index (χ0v) is 10.6. The Morgan fingerprint density at radius 3 is 2.79 bits per heavy atom. The van der Waals surface area contributed by atoms with E-state index in [0.29, 0.717) is 22.8 Å². The highest BCUT2D eigenvalue weighted by Gasteiger charge is 2.12. The van der Waals surface area contributed by atoms with Gasteiger partial charge in [-0.3, -0.25) is 0 Å². The van der Waals surface area contributed by atoms with E-state index in [1.807, 2.05) is 14.0 Å². The van der Waals surface area contributed by atoms with Gasteiger partial charge in [0.1, 0.15) is 11.3 Å². The van der Waals surface area contributed by atoms with Crippen molar-refractivity contribution in [1.82, 2.24) is 19.5 Å². The van der Waals surface area contributed by atoms with E-state index in [2.05, 4.69) is 15.0 Å². The lowest BCUT2D eigenvalue weighted by Crippen LogP contribution is -2.00. The van der Waals surface area contributed by atoms with Crippen molar-refractivity contribution in [2.45, 2.75) is 6.92 Å². The second kappa shape index (κ2) is 4.01. The van der Waals surface area contributed by atoms with Crippen molar-refractivity contribution in [3.8, 4) is 11.4 Å². The van der Waals surface area contributed by atoms with Crippen LogP contribution in [0.4, 0.5) is 10.2 Å². The summed E-state index contributed by atoms with van der Waals surface area (Å²) in [6.07, 6.45) is 1.64. The van der Waals surface area contributed by atoms with Crippen LogP contribution in [0.2, 0.25) is 0 Å². The van der Waals surface area contributed by atoms with Crippen LogP contribution in [0.3, 0.4) is 0 Å². The maximum Gasteiger partial charge on any atom is 0.165 e. The molecule has 3 rings (SSSR count). The van der Waals surface area contributed by atoms with E-state index in [4.69, 9.17) is 5.73 Å². The summed E-state index contributed by atoms with van der Waals surface area (Å²) in [5.74, 6) is 0.520. The fraction of sp³-hybridized carbons (Fsp3) is 0.154. The second-order valence-electron chi connectivity index (χ2n) is 4.42. The van der Waals surface area contributed by atoms with Crippen molar-refractivity contribution in [3.05, 3.63) is 35.9 Å². The van der Waals surface area contributed by atoms with Gasteiger partial charge in [-0.15, -0.1) is 0 Å². The largest absolute Gasteiger partial charge is 0.382 e. The molecule has 6 heteroatoms. The molecule has 0 aliphatic rings. The van der Waals surface area contributed by atoms with E-state index in [1.54, 1.807) is 17.0 Å². The smallest absolute Gasteiger partial charge is 0.165 e. The summed E-state index contributed by atoms with van der Waals surface area (Å²) in [6, 6.07) is 4.49. The SMILES string of the molecule is Cc1cc(F)ccc1-c1nc(N)c2ncn(C)c2n1. The van der Waals surface area contributed by atoms with Crippen LogP contribution in [0.5, 0.6) is 0 Å². The maximum atomic E-state index is 13.1. The third-order valence-corrected chi connectivity index (χ3v) is 3.02. The number of nitrogens with zero attached hydrogens (tertiary/aromatic N) is 4. The molecule has 0 spiro atoms. The summed E-state index contributed by atoms with van der Waals surface area (Å²) in [4.78, 5) is 12.8. The van der Waals surface area contributed by atoms with E-state index in [-0.39, 0.29) is 5.82 Å². The summed E-state index contributed by atoms with van der Waals surface area (Å²) >= 11 is 0. The molecule has 0 aliphatic heterocycles. The molecule has 2 N–H and O–H groups in total. The molecule has 0 bridgehead atoms. The molecular weight excluding hydrogens is 245 g/mol. The number of benzene rings is 1. The van der Waals surface area contributed by atoms with Gasteiger partial charge in [-0.25, -0.2) is 19.3 Å². The number of rotatable bonds is 1. The Morgan fingerprint density at radius 2 is 2.05 bits per heavy atom. The van der Waals surface area contributed by atoms with E-state index >= 15 is 0 Å². The van der Waals surface area contributed by atoms with Crippen molar-refractivity contribution in [3.63, 3.8) is 0 Å². The normalized spacial score (nSPS) is 11.1. The molecule has 3 aromatic rings. The molecule has 0 amide bonds. The first kappa shape index (κ1) is 11.6. The standard InChI is InChI=1S/C13H12FN5/c1-7-5-8(14)3-4-9(7)12-17-11(15)10-13(18-12)19(2)6-16-10/h3-6H,1-2H3,(H2,15,17,18). The lowest BCUT2D eigenvalue weighted by Gasteiger charge is -2.06. The van der Waals surface area contributed by atoms with Crippen LogP contribution in [0.25, 0.3) is 22.6 Å². The Morgan fingerprint density at radius 1 is 1.26 bits per heavy atom. The summed E-state index contributed by atoms with van der Waals surface area (Å²) in [6.45, 7) is 1.81. The van der Waals surface area contributed by atoms with Gasteiger partial charge in [0.05, 0.1) is 6.33 Å². The Labute approximate surface area is 108 Å². The van der Waals surface area contributed by atoms with Gasteiger partial charge in [0, 0.05) is 12.6 Å². The summed E-state index contributed by atoms with van der Waals surface area (Å²) in [5, 5.41) is 0. The number of hydrogen-bond acceptors (Lipinski definition) is 4. The van der Waals surface area contributed by atoms with Crippen LogP contribution in [0, 0.1) is 12.7 Å². The third kappa shape index (κ3) is 1.81. The predicted molar refractivity (Wildman–Crippen MR) is 70.8 cm³/mol. The highest BCUT2D eigenvalue weighted by molar-refractivity contribution is 5.84. The van der Waals surface area contributed by atoms with Gasteiger partial charge in [-0.05, 0) is 30.7 Å². The molecule has 2 heterocycles. The first-order valence-corrected chi connectivity index (χ1v) is 5.77. The van der Waals surface area contributed by atoms with Gasteiger partial charge in [0.2, 0.25) is 0 Å². The van der Waals surface area contributed by atoms with Gasteiger partial charge in [-0.2, -0.15) is 0 Å². The molecule has 0 atom stereocenters. The fourth-order valence-electron chi connectivity index (χ4n) is 2.03. The van der Waals surface area contributed by atoms with Crippen LogP contribution in [0.1, 0.15) is 5.56 Å². The number of halogens is 1. The molecule has 1 aromatic carbocycles. The number of nitrogen functional groups attached to an aromatic ring is 1. The zero-order valence-electron chi connectivity index (χ0n) is 10.6. The van der Waals surface area contributed by atoms with Gasteiger partial charge >= 0.3 is 0 Å². The van der Waals surface area contributed by atoms with Gasteiger partial charge < -0.3 is 10.3 Å². The van der Waals surface area contributed by atoms with Gasteiger partial charge in [0.25, 0.3) is 0 Å². The van der Waals surface area contributed by atoms with Crippen LogP contribution in [-0.2, 0) is 7.05 Å². The van der Waals surface area contributed by atoms with Crippen molar-refractivity contribution < 1.29 is 4.39 Å². The molecule has 0 unspecified atom stereocenters. The Kier molecular flexibility index (Phi) is 2.45. The zero-order chi connectivity index (χ0) is 13.6. The Bertz CT molecular complexity index is 778. The number of fused-ring (bicyclic) bond motifs is 1. The van der Waals surface area contributed by atoms with E-state index < -0.39 is 0 Å². The molecule has 0 saturated heterocycles. The minimum atomic E-state index is -0.282. The quantitative estimate of drug-likeness (QED) is 0.724. The topological polar surface area (TPSA) is 69.6 Å². The van der Waals surface area contributed by atoms with Crippen molar-refractivity contribution in [2.75, 3.05) is 5.73 Å². The summed E-state index contributed by atoms with van der Waals surface area (Å²) in [5.41, 5.74) is 8.65. The highest BCUT2D eigenvalue weighted by atomic mass is 19.1. The lowest BCUT2D eigenvalue weighted by atomic mass is 10.1. The number of hydrogen-bond donors (Lipinski definition) is 1. The molecular formula is C13H12FN5. The number of imidazole rings is 1. The number of anilines is 1. The van der Waals surface area contributed by atoms with E-state index in [0.717, 1.165) is 11.1 Å². The molecule has 0 saturated carbocycles. The number of nitrogens with two attached hydrogens (primary N) is 1. The van der Waals surface area contributed by atoms with Crippen LogP contribution in [0.15, 0.2) is 24.5 Å². The summed E-state index contributed by atoms with van der Waals surface area (Å²) in [7, 11) is 1.84. The first-order valence-electron chi connectivity index (χ1n) is 5.77. The minimum absolute atomic E-state index is 0.282. The number of aryl methyl sites for hydroxylation is 2. The third-order valence-electron chi connectivity index (χ3n) is 3.02. The fourth-order valence-corrected chi connectivity index (χ4v) is 2.03. The molecule has 96 valence electrons. The Balaban J connectivity index is 2.27. The highest BCUT2D eigenvalue weighted by Crippen LogP contribution is 2.24. The molecule has 0 fully saturated rings. The number of aromatic nitrogens is 4. The van der Waals surface area contributed by atoms with Gasteiger partial charge in [0.15, 0.2) is 17.3 Å². The molecule has 0 radical (unpaired) electrons. The van der Waals surface area contributed by atoms with Crippen molar-refractivity contribution >= 4 is 17.0 Å². The molecule has 0 aliphatic carbocycles. The second-order valence-corrected chi connectivity index (χ2v) is 4.42. The van der Waals surface area contributed by atoms with Crippen molar-refractivity contribution in [2.24, 2.45) is 7.05 Å². The molecule has 5 nitrogen and oxygen atoms in total. The molecule has 19 heavy (non-hydrogen) atoms. The first-order chi connectivity index (χ1) is 9.06. The van der Waals surface area contributed by atoms with Crippen LogP contribution < -0.4 is 5.73 Å². The monoisotopic (exact) mass is 257 g/mol. The Hall–Kier alpha value is -2.50. The van der Waals surface area contributed by atoms with Crippen LogP contribution >= 0.6 is 0 Å². The summed E-state index contributed by atoms with van der Waals surface area (Å²) < 4.78 is 14.9. The average Bonchev–Trinajstić information content (AvgIpc) is 2.72. The van der Waals surface area contributed by atoms with E-state index in [9.17, 15) is 4.39 Å². The van der Waals surface area contributed by atoms with Gasteiger partial charge in [-0.1, -0.05) is 0 Å². The predicted octanol–water partition coefficient (Wildman–Crippen LogP) is 2.06. The maximum absolute atomic E-state index is 13.1. The van der Waals surface area contributed by atoms with Crippen molar-refractivity contribution in [1.29, 1.82) is 0 Å².